The van der Waals surface area contributed by atoms with Crippen LogP contribution in [0.2, 0.25) is 0 Å². The van der Waals surface area contributed by atoms with Crippen molar-refractivity contribution in [3.05, 3.63) is 62.2 Å². The molecule has 36 heavy (non-hydrogen) atoms. The zero-order valence-electron chi connectivity index (χ0n) is 19.4. The monoisotopic (exact) mass is 650 g/mol. The normalized spacial score (nSPS) is 13.0. The molecule has 0 aliphatic rings. The summed E-state index contributed by atoms with van der Waals surface area (Å²) >= 11 is 3.15. The third-order valence-corrected chi connectivity index (χ3v) is 7.31. The molecule has 0 atom stereocenters. The number of thioether (sulfide) groups is 1. The van der Waals surface area contributed by atoms with E-state index in [1.165, 1.54) is 35.7 Å². The fourth-order valence-electron chi connectivity index (χ4n) is 3.81. The molecule has 0 fully saturated rings. The molecular formula is C23H22F7IN2O2S. The van der Waals surface area contributed by atoms with E-state index in [9.17, 15) is 40.3 Å². The van der Waals surface area contributed by atoms with Gasteiger partial charge in [0, 0.05) is 20.6 Å². The third-order valence-electron chi connectivity index (χ3n) is 5.41. The number of rotatable bonds is 7. The minimum absolute atomic E-state index is 0.0521. The number of alkyl halides is 7. The molecule has 4 nitrogen and oxygen atoms in total. The summed E-state index contributed by atoms with van der Waals surface area (Å²) in [5, 5.41) is 0. The van der Waals surface area contributed by atoms with Gasteiger partial charge in [-0.05, 0) is 73.4 Å². The molecule has 0 aromatic heterocycles. The molecule has 198 valence electrons. The van der Waals surface area contributed by atoms with Gasteiger partial charge in [-0.25, -0.2) is 4.39 Å². The average Bonchev–Trinajstić information content (AvgIpc) is 2.72. The van der Waals surface area contributed by atoms with Crippen molar-refractivity contribution in [3.8, 4) is 0 Å². The first-order valence-corrected chi connectivity index (χ1v) is 12.6. The van der Waals surface area contributed by atoms with E-state index in [1.807, 2.05) is 22.6 Å². The quantitative estimate of drug-likeness (QED) is 0.266. The minimum atomic E-state index is -6.27. The van der Waals surface area contributed by atoms with E-state index < -0.39 is 40.9 Å². The second-order valence-corrected chi connectivity index (χ2v) is 10.6. The number of hydrogen-bond acceptors (Lipinski definition) is 3. The Kier molecular flexibility index (Phi) is 8.71. The summed E-state index contributed by atoms with van der Waals surface area (Å²) in [4.78, 5) is 27.0. The third kappa shape index (κ3) is 5.46. The number of benzene rings is 2. The molecule has 2 N–H and O–H groups in total. The van der Waals surface area contributed by atoms with E-state index in [0.717, 1.165) is 6.07 Å². The summed E-state index contributed by atoms with van der Waals surface area (Å²) in [5.74, 6) is -1.35. The Morgan fingerprint density at radius 3 is 2.00 bits per heavy atom. The van der Waals surface area contributed by atoms with Gasteiger partial charge >= 0.3 is 18.0 Å². The predicted octanol–water partition coefficient (Wildman–Crippen LogP) is 6.78. The first kappa shape index (κ1) is 30.2. The maximum atomic E-state index is 14.6. The van der Waals surface area contributed by atoms with Crippen LogP contribution in [0.15, 0.2) is 36.4 Å². The molecule has 0 aliphatic heterocycles. The highest BCUT2D eigenvalue weighted by molar-refractivity contribution is 14.1. The Balaban J connectivity index is 2.80. The molecule has 0 bridgehead atoms. The molecule has 2 aromatic rings. The number of aryl methyl sites for hydroxylation is 1. The van der Waals surface area contributed by atoms with E-state index in [2.05, 4.69) is 0 Å². The highest BCUT2D eigenvalue weighted by Gasteiger charge is 2.73. The number of halogens is 8. The molecule has 13 heteroatoms. The Labute approximate surface area is 220 Å². The molecular weight excluding hydrogens is 628 g/mol. The molecule has 0 radical (unpaired) electrons. The van der Waals surface area contributed by atoms with Crippen LogP contribution in [0.5, 0.6) is 0 Å². The van der Waals surface area contributed by atoms with Crippen LogP contribution >= 0.6 is 34.4 Å². The van der Waals surface area contributed by atoms with Crippen molar-refractivity contribution in [1.82, 2.24) is 0 Å². The predicted molar refractivity (Wildman–Crippen MR) is 133 cm³/mol. The molecule has 0 saturated heterocycles. The van der Waals surface area contributed by atoms with Gasteiger partial charge in [-0.3, -0.25) is 9.59 Å². The Hall–Kier alpha value is -2.03. The Morgan fingerprint density at radius 1 is 1.00 bits per heavy atom. The number of hydrogen-bond donors (Lipinski definition) is 1. The topological polar surface area (TPSA) is 63.4 Å². The van der Waals surface area contributed by atoms with Crippen LogP contribution in [-0.2, 0) is 5.67 Å². The average molecular weight is 650 g/mol. The fraction of sp³-hybridized carbons (Fsp3) is 0.391. The van der Waals surface area contributed by atoms with Gasteiger partial charge in [-0.15, -0.1) is 0 Å². The second kappa shape index (κ2) is 10.4. The molecule has 2 rings (SSSR count). The molecule has 2 amide bonds. The first-order valence-electron chi connectivity index (χ1n) is 10.2. The summed E-state index contributed by atoms with van der Waals surface area (Å²) in [6, 6.07) is 6.02. The highest BCUT2D eigenvalue weighted by atomic mass is 127. The van der Waals surface area contributed by atoms with Crippen LogP contribution in [-0.4, -0.2) is 41.7 Å². The Bertz CT molecular complexity index is 1150. The molecule has 0 saturated carbocycles. The lowest BCUT2D eigenvalue weighted by atomic mass is 9.91. The van der Waals surface area contributed by atoms with Gasteiger partial charge in [0.15, 0.2) is 0 Å². The van der Waals surface area contributed by atoms with Crippen LogP contribution < -0.4 is 10.6 Å². The summed E-state index contributed by atoms with van der Waals surface area (Å²) < 4.78 is 94.6. The summed E-state index contributed by atoms with van der Waals surface area (Å²) in [6.07, 6.45) is -10.8. The van der Waals surface area contributed by atoms with Gasteiger partial charge in [0.1, 0.15) is 0 Å². The lowest BCUT2D eigenvalue weighted by molar-refractivity contribution is -0.348. The fourth-order valence-corrected chi connectivity index (χ4v) is 5.41. The maximum Gasteiger partial charge on any atom is 0.435 e. The van der Waals surface area contributed by atoms with Crippen molar-refractivity contribution in [2.45, 2.75) is 44.3 Å². The van der Waals surface area contributed by atoms with Gasteiger partial charge in [0.25, 0.3) is 11.8 Å². The number of primary amides is 1. The van der Waals surface area contributed by atoms with Gasteiger partial charge in [0.05, 0.1) is 16.7 Å². The molecule has 0 unspecified atom stereocenters. The van der Waals surface area contributed by atoms with Gasteiger partial charge in [-0.2, -0.15) is 38.1 Å². The van der Waals surface area contributed by atoms with Gasteiger partial charge < -0.3 is 10.6 Å². The summed E-state index contributed by atoms with van der Waals surface area (Å²) in [5.41, 5.74) is -3.29. The smallest absolute Gasteiger partial charge is 0.366 e. The van der Waals surface area contributed by atoms with E-state index in [-0.39, 0.29) is 22.4 Å². The molecule has 0 heterocycles. The number of amides is 2. The molecule has 0 aliphatic carbocycles. The second-order valence-electron chi connectivity index (χ2n) is 8.57. The van der Waals surface area contributed by atoms with Crippen LogP contribution in [0.25, 0.3) is 0 Å². The number of nitrogens with two attached hydrogens (primary N) is 1. The van der Waals surface area contributed by atoms with Gasteiger partial charge in [-0.1, -0.05) is 18.2 Å². The summed E-state index contributed by atoms with van der Waals surface area (Å²) in [7, 11) is 0. The van der Waals surface area contributed by atoms with Crippen LogP contribution in [0, 0.1) is 10.5 Å². The SMILES string of the molecule is CSCC(C)(C)N(C(=O)c1cccc(I)c1C(N)=O)c1ccc(C(F)(C(F)(F)F)C(F)(F)F)cc1C. The van der Waals surface area contributed by atoms with E-state index in [1.54, 1.807) is 26.2 Å². The maximum absolute atomic E-state index is 14.6. The van der Waals surface area contributed by atoms with E-state index in [4.69, 9.17) is 5.73 Å². The zero-order valence-corrected chi connectivity index (χ0v) is 22.4. The number of carbonyl (C=O) groups excluding carboxylic acids is 2. The van der Waals surface area contributed by atoms with Crippen molar-refractivity contribution >= 4 is 51.9 Å². The van der Waals surface area contributed by atoms with E-state index >= 15 is 0 Å². The standard InChI is InChI=1S/C23H22F7IN2O2S/c1-12-10-13(21(24,22(25,26)27)23(28,29)30)8-9-16(12)33(20(2,3)11-36-4)19(35)14-6-5-7-15(31)17(14)18(32)34/h5-10H,11H2,1-4H3,(H2,32,34). The largest absolute Gasteiger partial charge is 0.435 e. The molecule has 2 aromatic carbocycles. The van der Waals surface area contributed by atoms with Crippen molar-refractivity contribution in [2.75, 3.05) is 16.9 Å². The van der Waals surface area contributed by atoms with Crippen LogP contribution in [0.1, 0.15) is 45.7 Å². The summed E-state index contributed by atoms with van der Waals surface area (Å²) in [6.45, 7) is 4.44. The lowest BCUT2D eigenvalue weighted by Gasteiger charge is -2.40. The molecule has 0 spiro atoms. The number of nitrogens with zero attached hydrogens (tertiary/aromatic N) is 1. The van der Waals surface area contributed by atoms with Crippen molar-refractivity contribution in [3.63, 3.8) is 0 Å². The minimum Gasteiger partial charge on any atom is -0.366 e. The Morgan fingerprint density at radius 2 is 1.56 bits per heavy atom. The number of carbonyl (C=O) groups is 2. The number of anilines is 1. The zero-order chi connectivity index (χ0) is 27.9. The van der Waals surface area contributed by atoms with Gasteiger partial charge in [0.2, 0.25) is 0 Å². The van der Waals surface area contributed by atoms with Crippen LogP contribution in [0.4, 0.5) is 36.4 Å². The van der Waals surface area contributed by atoms with Crippen molar-refractivity contribution < 1.29 is 40.3 Å². The van der Waals surface area contributed by atoms with E-state index in [0.29, 0.717) is 21.5 Å². The van der Waals surface area contributed by atoms with Crippen molar-refractivity contribution in [1.29, 1.82) is 0 Å². The van der Waals surface area contributed by atoms with Crippen LogP contribution in [0.3, 0.4) is 0 Å². The highest BCUT2D eigenvalue weighted by Crippen LogP contribution is 2.53. The van der Waals surface area contributed by atoms with Crippen molar-refractivity contribution in [2.24, 2.45) is 5.73 Å². The first-order chi connectivity index (χ1) is 16.3. The lowest BCUT2D eigenvalue weighted by Crippen LogP contribution is -2.51.